The Kier molecular flexibility index (Phi) is 8.11. The molecule has 0 spiro atoms. The molecule has 0 aliphatic rings. The number of thiocarbonyl (C=S) groups is 1. The van der Waals surface area contributed by atoms with E-state index < -0.39 is 5.41 Å². The van der Waals surface area contributed by atoms with Gasteiger partial charge >= 0.3 is 0 Å². The van der Waals surface area contributed by atoms with E-state index in [9.17, 15) is 4.79 Å². The number of hydrogen-bond donors (Lipinski definition) is 1. The van der Waals surface area contributed by atoms with Gasteiger partial charge < -0.3 is 15.4 Å². The van der Waals surface area contributed by atoms with Crippen LogP contribution in [0.3, 0.4) is 0 Å². The van der Waals surface area contributed by atoms with Crippen molar-refractivity contribution < 1.29 is 9.53 Å². The van der Waals surface area contributed by atoms with Crippen molar-refractivity contribution in [2.75, 3.05) is 27.3 Å². The molecule has 1 amide bonds. The molecule has 4 nitrogen and oxygen atoms in total. The predicted octanol–water partition coefficient (Wildman–Crippen LogP) is 1.96. The third kappa shape index (κ3) is 4.21. The van der Waals surface area contributed by atoms with Crippen LogP contribution < -0.4 is 5.73 Å². The number of likely N-dealkylation sites (N-methyl/N-ethyl adjacent to an activating group) is 1. The Bertz CT molecular complexity index is 276. The highest BCUT2D eigenvalue weighted by atomic mass is 32.1. The molecule has 0 radical (unpaired) electrons. The zero-order valence-electron chi connectivity index (χ0n) is 12.0. The van der Waals surface area contributed by atoms with Gasteiger partial charge in [0.25, 0.3) is 0 Å². The van der Waals surface area contributed by atoms with E-state index in [1.165, 1.54) is 0 Å². The number of amides is 1. The molecule has 0 atom stereocenters. The van der Waals surface area contributed by atoms with Crippen LogP contribution in [0.15, 0.2) is 0 Å². The van der Waals surface area contributed by atoms with Gasteiger partial charge in [-0.2, -0.15) is 0 Å². The first-order chi connectivity index (χ1) is 8.46. The summed E-state index contributed by atoms with van der Waals surface area (Å²) in [5.74, 6) is 0.0238. The quantitative estimate of drug-likeness (QED) is 0.653. The van der Waals surface area contributed by atoms with E-state index in [2.05, 4.69) is 0 Å². The van der Waals surface area contributed by atoms with Crippen LogP contribution in [0.5, 0.6) is 0 Å². The smallest absolute Gasteiger partial charge is 0.235 e. The predicted molar refractivity (Wildman–Crippen MR) is 78.5 cm³/mol. The van der Waals surface area contributed by atoms with E-state index in [4.69, 9.17) is 22.7 Å². The van der Waals surface area contributed by atoms with Crippen molar-refractivity contribution >= 4 is 23.1 Å². The van der Waals surface area contributed by atoms with Gasteiger partial charge in [0, 0.05) is 20.7 Å². The molecule has 0 saturated carbocycles. The summed E-state index contributed by atoms with van der Waals surface area (Å²) < 4.78 is 5.00. The monoisotopic (exact) mass is 274 g/mol. The minimum absolute atomic E-state index is 0.0238. The van der Waals surface area contributed by atoms with Crippen molar-refractivity contribution in [3.05, 3.63) is 0 Å². The van der Waals surface area contributed by atoms with Crippen molar-refractivity contribution in [1.29, 1.82) is 0 Å². The first-order valence-corrected chi connectivity index (χ1v) is 6.91. The zero-order chi connectivity index (χ0) is 14.2. The van der Waals surface area contributed by atoms with Gasteiger partial charge in [0.2, 0.25) is 5.91 Å². The average Bonchev–Trinajstić information content (AvgIpc) is 2.34. The molecule has 0 rings (SSSR count). The molecule has 0 saturated heterocycles. The van der Waals surface area contributed by atoms with Crippen LogP contribution in [0, 0.1) is 5.41 Å². The summed E-state index contributed by atoms with van der Waals surface area (Å²) in [7, 11) is 3.40. The summed E-state index contributed by atoms with van der Waals surface area (Å²) in [5, 5.41) is 0. The number of rotatable bonds is 9. The number of carbonyl (C=O) groups is 1. The van der Waals surface area contributed by atoms with Gasteiger partial charge in [0.05, 0.1) is 17.0 Å². The van der Waals surface area contributed by atoms with Crippen LogP contribution in [-0.4, -0.2) is 43.1 Å². The molecular weight excluding hydrogens is 248 g/mol. The fraction of sp³-hybridized carbons (Fsp3) is 0.846. The van der Waals surface area contributed by atoms with E-state index in [0.717, 1.165) is 12.8 Å². The molecular formula is C13H26N2O2S. The highest BCUT2D eigenvalue weighted by Gasteiger charge is 2.41. The van der Waals surface area contributed by atoms with Crippen LogP contribution in [0.25, 0.3) is 0 Å². The van der Waals surface area contributed by atoms with Crippen molar-refractivity contribution in [2.45, 2.75) is 39.5 Å². The largest absolute Gasteiger partial charge is 0.392 e. The van der Waals surface area contributed by atoms with Crippen molar-refractivity contribution in [3.63, 3.8) is 0 Å². The number of nitrogens with two attached hydrogens (primary N) is 1. The van der Waals surface area contributed by atoms with Crippen LogP contribution in [0.1, 0.15) is 39.5 Å². The standard InChI is InChI=1S/C13H26N2O2S/c1-5-7-13(8-6-2,11(14)18)12(16)15(3)9-10-17-4/h5-10H2,1-4H3,(H2,14,18). The molecule has 5 heteroatoms. The van der Waals surface area contributed by atoms with Crippen LogP contribution in [0.2, 0.25) is 0 Å². The summed E-state index contributed by atoms with van der Waals surface area (Å²) >= 11 is 5.17. The van der Waals surface area contributed by atoms with Crippen molar-refractivity contribution in [2.24, 2.45) is 11.1 Å². The molecule has 0 fully saturated rings. The first-order valence-electron chi connectivity index (χ1n) is 6.50. The fourth-order valence-corrected chi connectivity index (χ4v) is 2.53. The number of carbonyl (C=O) groups excluding carboxylic acids is 1. The molecule has 2 N–H and O–H groups in total. The Labute approximate surface area is 116 Å². The molecule has 0 unspecified atom stereocenters. The second-order valence-corrected chi connectivity index (χ2v) is 5.11. The molecule has 0 aliphatic heterocycles. The third-order valence-electron chi connectivity index (χ3n) is 3.21. The lowest BCUT2D eigenvalue weighted by atomic mass is 9.77. The summed E-state index contributed by atoms with van der Waals surface area (Å²) in [5.41, 5.74) is 5.18. The molecule has 18 heavy (non-hydrogen) atoms. The number of hydrogen-bond acceptors (Lipinski definition) is 3. The molecule has 0 heterocycles. The highest BCUT2D eigenvalue weighted by molar-refractivity contribution is 7.80. The Morgan fingerprint density at radius 2 is 1.83 bits per heavy atom. The summed E-state index contributed by atoms with van der Waals surface area (Å²) in [6, 6.07) is 0. The van der Waals surface area contributed by atoms with Gasteiger partial charge in [-0.05, 0) is 12.8 Å². The minimum Gasteiger partial charge on any atom is -0.392 e. The Morgan fingerprint density at radius 1 is 1.33 bits per heavy atom. The van der Waals surface area contributed by atoms with E-state index in [1.807, 2.05) is 13.8 Å². The lowest BCUT2D eigenvalue weighted by Crippen LogP contribution is -2.50. The first kappa shape index (κ1) is 17.3. The SMILES string of the molecule is CCCC(CCC)(C(=O)N(C)CCOC)C(N)=S. The van der Waals surface area contributed by atoms with Crippen LogP contribution >= 0.6 is 12.2 Å². The molecule has 0 aromatic rings. The van der Waals surface area contributed by atoms with Gasteiger partial charge in [0.15, 0.2) is 0 Å². The van der Waals surface area contributed by atoms with E-state index in [1.54, 1.807) is 19.1 Å². The molecule has 0 aliphatic carbocycles. The maximum Gasteiger partial charge on any atom is 0.235 e. The van der Waals surface area contributed by atoms with E-state index in [0.29, 0.717) is 31.0 Å². The third-order valence-corrected chi connectivity index (χ3v) is 3.60. The van der Waals surface area contributed by atoms with Gasteiger partial charge in [-0.25, -0.2) is 0 Å². The summed E-state index contributed by atoms with van der Waals surface area (Å²) in [6.07, 6.45) is 3.21. The molecule has 0 aromatic heterocycles. The van der Waals surface area contributed by atoms with Gasteiger partial charge in [-0.3, -0.25) is 4.79 Å². The van der Waals surface area contributed by atoms with Crippen molar-refractivity contribution in [3.8, 4) is 0 Å². The fourth-order valence-electron chi connectivity index (χ4n) is 2.24. The van der Waals surface area contributed by atoms with E-state index in [-0.39, 0.29) is 5.91 Å². The van der Waals surface area contributed by atoms with Gasteiger partial charge in [-0.1, -0.05) is 38.9 Å². The molecule has 106 valence electrons. The number of ether oxygens (including phenoxy) is 1. The van der Waals surface area contributed by atoms with Gasteiger partial charge in [-0.15, -0.1) is 0 Å². The van der Waals surface area contributed by atoms with E-state index >= 15 is 0 Å². The summed E-state index contributed by atoms with van der Waals surface area (Å²) in [4.78, 5) is 14.6. The number of nitrogens with zero attached hydrogens (tertiary/aromatic N) is 1. The van der Waals surface area contributed by atoms with Crippen molar-refractivity contribution in [1.82, 2.24) is 4.90 Å². The Hall–Kier alpha value is -0.680. The normalized spacial score (nSPS) is 11.3. The van der Waals surface area contributed by atoms with Crippen LogP contribution in [0.4, 0.5) is 0 Å². The lowest BCUT2D eigenvalue weighted by molar-refractivity contribution is -0.138. The van der Waals surface area contributed by atoms with Crippen LogP contribution in [-0.2, 0) is 9.53 Å². The zero-order valence-corrected chi connectivity index (χ0v) is 12.8. The number of methoxy groups -OCH3 is 1. The maximum absolute atomic E-state index is 12.6. The highest BCUT2D eigenvalue weighted by Crippen LogP contribution is 2.32. The summed E-state index contributed by atoms with van der Waals surface area (Å²) in [6.45, 7) is 5.18. The second kappa shape index (κ2) is 8.43. The molecule has 0 aromatic carbocycles. The lowest BCUT2D eigenvalue weighted by Gasteiger charge is -2.34. The second-order valence-electron chi connectivity index (χ2n) is 4.67. The Balaban J connectivity index is 5.03. The molecule has 0 bridgehead atoms. The Morgan fingerprint density at radius 3 is 2.17 bits per heavy atom. The maximum atomic E-state index is 12.6. The minimum atomic E-state index is -0.679. The topological polar surface area (TPSA) is 55.6 Å². The average molecular weight is 274 g/mol. The van der Waals surface area contributed by atoms with Gasteiger partial charge in [0.1, 0.15) is 0 Å².